The SMILES string of the molecule is Cn1nc(C(=O)NCCCc2nnc3ccccn23)cc1C1CC1. The monoisotopic (exact) mass is 324 g/mol. The van der Waals surface area contributed by atoms with E-state index in [1.165, 1.54) is 12.8 Å². The fourth-order valence-electron chi connectivity index (χ4n) is 2.95. The second-order valence-electron chi connectivity index (χ2n) is 6.26. The molecular formula is C17H20N6O. The first-order chi connectivity index (χ1) is 11.7. The lowest BCUT2D eigenvalue weighted by Gasteiger charge is -2.02. The van der Waals surface area contributed by atoms with Gasteiger partial charge >= 0.3 is 0 Å². The number of nitrogens with zero attached hydrogens (tertiary/aromatic N) is 5. The largest absolute Gasteiger partial charge is 0.351 e. The van der Waals surface area contributed by atoms with Gasteiger partial charge in [-0.2, -0.15) is 5.10 Å². The Kier molecular flexibility index (Phi) is 3.76. The zero-order valence-electron chi connectivity index (χ0n) is 13.6. The van der Waals surface area contributed by atoms with E-state index in [1.807, 2.05) is 46.6 Å². The van der Waals surface area contributed by atoms with Crippen molar-refractivity contribution in [2.75, 3.05) is 6.54 Å². The molecule has 3 aromatic rings. The summed E-state index contributed by atoms with van der Waals surface area (Å²) in [5.41, 5.74) is 2.51. The fraction of sp³-hybridized carbons (Fsp3) is 0.412. The number of fused-ring (bicyclic) bond motifs is 1. The van der Waals surface area contributed by atoms with Crippen molar-refractivity contribution in [2.45, 2.75) is 31.6 Å². The number of nitrogens with one attached hydrogen (secondary N) is 1. The van der Waals surface area contributed by atoms with Crippen molar-refractivity contribution in [2.24, 2.45) is 7.05 Å². The van der Waals surface area contributed by atoms with Crippen LogP contribution in [0, 0.1) is 0 Å². The van der Waals surface area contributed by atoms with Crippen LogP contribution in [0.25, 0.3) is 5.65 Å². The highest BCUT2D eigenvalue weighted by atomic mass is 16.1. The van der Waals surface area contributed by atoms with E-state index in [4.69, 9.17) is 0 Å². The normalized spacial score (nSPS) is 14.2. The summed E-state index contributed by atoms with van der Waals surface area (Å²) in [6.45, 7) is 0.593. The van der Waals surface area contributed by atoms with Crippen molar-refractivity contribution in [1.82, 2.24) is 29.7 Å². The van der Waals surface area contributed by atoms with Crippen LogP contribution < -0.4 is 5.32 Å². The van der Waals surface area contributed by atoms with E-state index >= 15 is 0 Å². The molecule has 3 heterocycles. The zero-order valence-corrected chi connectivity index (χ0v) is 13.6. The van der Waals surface area contributed by atoms with Crippen LogP contribution in [0.4, 0.5) is 0 Å². The molecule has 1 amide bonds. The zero-order chi connectivity index (χ0) is 16.5. The molecule has 0 spiro atoms. The topological polar surface area (TPSA) is 77.1 Å². The van der Waals surface area contributed by atoms with Gasteiger partial charge in [0.1, 0.15) is 11.5 Å². The van der Waals surface area contributed by atoms with Crippen molar-refractivity contribution < 1.29 is 4.79 Å². The Bertz CT molecular complexity index is 876. The lowest BCUT2D eigenvalue weighted by atomic mass is 10.2. The number of aryl methyl sites for hydroxylation is 2. The van der Waals surface area contributed by atoms with Crippen LogP contribution in [0.1, 0.15) is 47.2 Å². The second-order valence-corrected chi connectivity index (χ2v) is 6.26. The quantitative estimate of drug-likeness (QED) is 0.700. The van der Waals surface area contributed by atoms with Crippen molar-refractivity contribution in [3.05, 3.63) is 47.7 Å². The van der Waals surface area contributed by atoms with Crippen molar-refractivity contribution in [3.63, 3.8) is 0 Å². The van der Waals surface area contributed by atoms with Gasteiger partial charge in [-0.1, -0.05) is 6.07 Å². The molecule has 0 aliphatic heterocycles. The van der Waals surface area contributed by atoms with E-state index < -0.39 is 0 Å². The highest BCUT2D eigenvalue weighted by Crippen LogP contribution is 2.39. The fourth-order valence-corrected chi connectivity index (χ4v) is 2.95. The molecule has 3 aromatic heterocycles. The first-order valence-corrected chi connectivity index (χ1v) is 8.33. The number of pyridine rings is 1. The number of aromatic nitrogens is 5. The van der Waals surface area contributed by atoms with Gasteiger partial charge in [0.25, 0.3) is 5.91 Å². The Morgan fingerprint density at radius 2 is 2.21 bits per heavy atom. The number of carbonyl (C=O) groups is 1. The lowest BCUT2D eigenvalue weighted by molar-refractivity contribution is 0.0947. The molecule has 1 N–H and O–H groups in total. The number of amides is 1. The van der Waals surface area contributed by atoms with Crippen molar-refractivity contribution in [1.29, 1.82) is 0 Å². The second kappa shape index (κ2) is 6.07. The molecule has 1 aliphatic carbocycles. The smallest absolute Gasteiger partial charge is 0.271 e. The molecule has 24 heavy (non-hydrogen) atoms. The van der Waals surface area contributed by atoms with Gasteiger partial charge in [0.05, 0.1) is 0 Å². The predicted octanol–water partition coefficient (Wildman–Crippen LogP) is 1.70. The maximum atomic E-state index is 12.2. The first kappa shape index (κ1) is 14.9. The summed E-state index contributed by atoms with van der Waals surface area (Å²) in [5.74, 6) is 1.39. The highest BCUT2D eigenvalue weighted by Gasteiger charge is 2.28. The molecule has 1 aliphatic rings. The molecule has 0 radical (unpaired) electrons. The summed E-state index contributed by atoms with van der Waals surface area (Å²) in [6, 6.07) is 7.74. The van der Waals surface area contributed by atoms with Gasteiger partial charge in [-0.15, -0.1) is 10.2 Å². The number of hydrogen-bond donors (Lipinski definition) is 1. The van der Waals surface area contributed by atoms with Crippen LogP contribution in [0.2, 0.25) is 0 Å². The minimum Gasteiger partial charge on any atom is -0.351 e. The van der Waals surface area contributed by atoms with E-state index in [0.717, 1.165) is 30.0 Å². The predicted molar refractivity (Wildman–Crippen MR) is 88.8 cm³/mol. The third kappa shape index (κ3) is 2.89. The molecule has 0 aromatic carbocycles. The lowest BCUT2D eigenvalue weighted by Crippen LogP contribution is -2.25. The van der Waals surface area contributed by atoms with E-state index in [9.17, 15) is 4.79 Å². The van der Waals surface area contributed by atoms with E-state index in [1.54, 1.807) is 0 Å². The maximum absolute atomic E-state index is 12.2. The summed E-state index contributed by atoms with van der Waals surface area (Å²) in [6.07, 6.45) is 5.93. The molecular weight excluding hydrogens is 304 g/mol. The molecule has 7 nitrogen and oxygen atoms in total. The van der Waals surface area contributed by atoms with Crippen molar-refractivity contribution in [3.8, 4) is 0 Å². The molecule has 124 valence electrons. The Labute approximate surface area is 139 Å². The van der Waals surface area contributed by atoms with Gasteiger partial charge in [-0.05, 0) is 37.5 Å². The average molecular weight is 324 g/mol. The molecule has 0 atom stereocenters. The molecule has 1 fully saturated rings. The summed E-state index contributed by atoms with van der Waals surface area (Å²) < 4.78 is 3.80. The Balaban J connectivity index is 1.31. The Morgan fingerprint density at radius 3 is 3.04 bits per heavy atom. The van der Waals surface area contributed by atoms with Gasteiger partial charge in [0, 0.05) is 37.8 Å². The molecule has 0 saturated heterocycles. The van der Waals surface area contributed by atoms with Crippen LogP contribution >= 0.6 is 0 Å². The van der Waals surface area contributed by atoms with Gasteiger partial charge in [0.2, 0.25) is 0 Å². The van der Waals surface area contributed by atoms with Crippen LogP contribution in [0.5, 0.6) is 0 Å². The van der Waals surface area contributed by atoms with Crippen molar-refractivity contribution >= 4 is 11.6 Å². The van der Waals surface area contributed by atoms with E-state index in [0.29, 0.717) is 18.2 Å². The number of hydrogen-bond acceptors (Lipinski definition) is 4. The minimum atomic E-state index is -0.108. The van der Waals surface area contributed by atoms with Crippen LogP contribution in [0.3, 0.4) is 0 Å². The van der Waals surface area contributed by atoms with Gasteiger partial charge < -0.3 is 5.32 Å². The molecule has 0 bridgehead atoms. The first-order valence-electron chi connectivity index (χ1n) is 8.33. The molecule has 4 rings (SSSR count). The van der Waals surface area contributed by atoms with Gasteiger partial charge in [0.15, 0.2) is 5.65 Å². The molecule has 1 saturated carbocycles. The number of rotatable bonds is 6. The summed E-state index contributed by atoms with van der Waals surface area (Å²) in [7, 11) is 1.90. The third-order valence-corrected chi connectivity index (χ3v) is 4.39. The summed E-state index contributed by atoms with van der Waals surface area (Å²) in [5, 5.41) is 15.6. The summed E-state index contributed by atoms with van der Waals surface area (Å²) in [4.78, 5) is 12.2. The highest BCUT2D eigenvalue weighted by molar-refractivity contribution is 5.92. The van der Waals surface area contributed by atoms with Crippen LogP contribution in [-0.4, -0.2) is 36.8 Å². The minimum absolute atomic E-state index is 0.108. The van der Waals surface area contributed by atoms with E-state index in [2.05, 4.69) is 20.6 Å². The van der Waals surface area contributed by atoms with Crippen LogP contribution in [0.15, 0.2) is 30.5 Å². The van der Waals surface area contributed by atoms with Gasteiger partial charge in [-0.3, -0.25) is 13.9 Å². The maximum Gasteiger partial charge on any atom is 0.271 e. The summed E-state index contributed by atoms with van der Waals surface area (Å²) >= 11 is 0. The average Bonchev–Trinajstić information content (AvgIpc) is 3.24. The molecule has 7 heteroatoms. The third-order valence-electron chi connectivity index (χ3n) is 4.39. The van der Waals surface area contributed by atoms with Crippen LogP contribution in [-0.2, 0) is 13.5 Å². The standard InChI is InChI=1S/C17H20N6O/c1-22-14(12-7-8-12)11-13(21-22)17(24)18-9-4-6-16-20-19-15-5-2-3-10-23(15)16/h2-3,5,10-12H,4,6-9H2,1H3,(H,18,24). The Morgan fingerprint density at radius 1 is 1.33 bits per heavy atom. The van der Waals surface area contributed by atoms with Gasteiger partial charge in [-0.25, -0.2) is 0 Å². The number of carbonyl (C=O) groups excluding carboxylic acids is 1. The Hall–Kier alpha value is -2.70. The van der Waals surface area contributed by atoms with E-state index in [-0.39, 0.29) is 5.91 Å². The molecule has 0 unspecified atom stereocenters.